The van der Waals surface area contributed by atoms with Crippen molar-refractivity contribution < 1.29 is 23.0 Å². The zero-order valence-corrected chi connectivity index (χ0v) is 12.7. The molecule has 1 aromatic carbocycles. The van der Waals surface area contributed by atoms with Crippen LogP contribution in [0.1, 0.15) is 12.1 Å². The molecule has 25 heavy (non-hydrogen) atoms. The number of aromatic nitrogens is 3. The van der Waals surface area contributed by atoms with E-state index in [0.717, 1.165) is 12.1 Å². The number of hydrogen-bond donors (Lipinski definition) is 2. The van der Waals surface area contributed by atoms with Crippen LogP contribution in [0.3, 0.4) is 0 Å². The molecule has 0 spiro atoms. The van der Waals surface area contributed by atoms with Gasteiger partial charge in [0.2, 0.25) is 0 Å². The highest BCUT2D eigenvalue weighted by Gasteiger charge is 2.31. The summed E-state index contributed by atoms with van der Waals surface area (Å²) < 4.78 is 42.7. The Balaban J connectivity index is 2.16. The van der Waals surface area contributed by atoms with Gasteiger partial charge in [0, 0.05) is 19.2 Å². The van der Waals surface area contributed by atoms with Crippen LogP contribution in [0.5, 0.6) is 5.75 Å². The second kappa shape index (κ2) is 6.45. The molecule has 0 radical (unpaired) electrons. The molecule has 2 aromatic heterocycles. The molecule has 130 valence electrons. The third-order valence-electron chi connectivity index (χ3n) is 3.37. The van der Waals surface area contributed by atoms with Gasteiger partial charge in [-0.2, -0.15) is 5.26 Å². The number of fused-ring (bicyclic) bond motifs is 3. The Labute approximate surface area is 139 Å². The van der Waals surface area contributed by atoms with Gasteiger partial charge in [0.25, 0.3) is 0 Å². The number of aliphatic hydroxyl groups excluding tert-OH is 1. The predicted molar refractivity (Wildman–Crippen MR) is 82.1 cm³/mol. The molecule has 0 aliphatic rings. The monoisotopic (exact) mass is 351 g/mol. The number of imidazole rings is 1. The van der Waals surface area contributed by atoms with Gasteiger partial charge in [-0.25, -0.2) is 9.97 Å². The van der Waals surface area contributed by atoms with Gasteiger partial charge in [0.05, 0.1) is 17.2 Å². The Bertz CT molecular complexity index is 962. The van der Waals surface area contributed by atoms with Gasteiger partial charge in [0.15, 0.2) is 11.5 Å². The van der Waals surface area contributed by atoms with Crippen molar-refractivity contribution in [1.82, 2.24) is 14.4 Å². The highest BCUT2D eigenvalue weighted by atomic mass is 19.4. The third kappa shape index (κ3) is 3.41. The zero-order valence-electron chi connectivity index (χ0n) is 12.7. The van der Waals surface area contributed by atoms with Crippen molar-refractivity contribution in [3.63, 3.8) is 0 Å². The molecule has 7 nitrogen and oxygen atoms in total. The number of anilines is 1. The molecular weight excluding hydrogens is 339 g/mol. The third-order valence-corrected chi connectivity index (χ3v) is 3.37. The molecule has 2 heterocycles. The van der Waals surface area contributed by atoms with E-state index in [4.69, 9.17) is 5.11 Å². The van der Waals surface area contributed by atoms with E-state index in [1.807, 2.05) is 6.07 Å². The molecule has 0 atom stereocenters. The van der Waals surface area contributed by atoms with Crippen LogP contribution in [0, 0.1) is 11.3 Å². The number of nitrogens with one attached hydrogen (secondary N) is 1. The van der Waals surface area contributed by atoms with Crippen molar-refractivity contribution in [2.24, 2.45) is 0 Å². The minimum absolute atomic E-state index is 0.0294. The number of nitriles is 1. The first-order chi connectivity index (χ1) is 11.9. The second-order valence-electron chi connectivity index (χ2n) is 5.08. The maximum atomic E-state index is 12.4. The van der Waals surface area contributed by atoms with Gasteiger partial charge < -0.3 is 15.2 Å². The Hall–Kier alpha value is -3.06. The Morgan fingerprint density at radius 1 is 1.36 bits per heavy atom. The van der Waals surface area contributed by atoms with Crippen LogP contribution in [0.4, 0.5) is 19.0 Å². The van der Waals surface area contributed by atoms with Gasteiger partial charge in [-0.05, 0) is 18.6 Å². The number of nitrogens with zero attached hydrogens (tertiary/aromatic N) is 4. The molecular formula is C15H12F3N5O2. The standard InChI is InChI=1S/C15H12F3N5O2/c16-15(17,18)25-10-2-3-12-11(6-10)22-13(20-4-1-5-24)14-21-8-9(7-19)23(12)14/h2-3,6,8,24H,1,4-5H2,(H,20,22). The highest BCUT2D eigenvalue weighted by Crippen LogP contribution is 2.28. The van der Waals surface area contributed by atoms with E-state index >= 15 is 0 Å². The summed E-state index contributed by atoms with van der Waals surface area (Å²) in [5.74, 6) is -0.113. The molecule has 3 aromatic rings. The molecule has 10 heteroatoms. The molecule has 0 fully saturated rings. The first-order valence-electron chi connectivity index (χ1n) is 7.25. The van der Waals surface area contributed by atoms with E-state index in [0.29, 0.717) is 29.9 Å². The molecule has 0 aliphatic carbocycles. The van der Waals surface area contributed by atoms with Crippen LogP contribution in [-0.4, -0.2) is 39.0 Å². The molecule has 0 amide bonds. The van der Waals surface area contributed by atoms with Gasteiger partial charge in [-0.3, -0.25) is 4.40 Å². The molecule has 0 saturated carbocycles. The molecule has 2 N–H and O–H groups in total. The van der Waals surface area contributed by atoms with Crippen molar-refractivity contribution in [2.45, 2.75) is 12.8 Å². The molecule has 3 rings (SSSR count). The number of hydrogen-bond acceptors (Lipinski definition) is 6. The molecule has 0 bridgehead atoms. The average molecular weight is 351 g/mol. The van der Waals surface area contributed by atoms with Crippen LogP contribution in [0.15, 0.2) is 24.4 Å². The van der Waals surface area contributed by atoms with Crippen molar-refractivity contribution in [3.05, 3.63) is 30.1 Å². The van der Waals surface area contributed by atoms with E-state index < -0.39 is 12.1 Å². The lowest BCUT2D eigenvalue weighted by Gasteiger charge is -2.12. The zero-order chi connectivity index (χ0) is 18.0. The first-order valence-corrected chi connectivity index (χ1v) is 7.25. The summed E-state index contributed by atoms with van der Waals surface area (Å²) in [5, 5.41) is 21.1. The fourth-order valence-electron chi connectivity index (χ4n) is 2.40. The molecule has 0 aliphatic heterocycles. The number of benzene rings is 1. The largest absolute Gasteiger partial charge is 0.573 e. The summed E-state index contributed by atoms with van der Waals surface area (Å²) in [6.07, 6.45) is -3.00. The van der Waals surface area contributed by atoms with E-state index in [2.05, 4.69) is 20.0 Å². The SMILES string of the molecule is N#Cc1cnc2c(NCCCO)nc3cc(OC(F)(F)F)ccc3n12. The van der Waals surface area contributed by atoms with Crippen LogP contribution >= 0.6 is 0 Å². The first kappa shape index (κ1) is 16.8. The van der Waals surface area contributed by atoms with Crippen LogP contribution in [-0.2, 0) is 0 Å². The quantitative estimate of drug-likeness (QED) is 0.686. The van der Waals surface area contributed by atoms with E-state index in [9.17, 15) is 18.4 Å². The Morgan fingerprint density at radius 3 is 2.84 bits per heavy atom. The van der Waals surface area contributed by atoms with Crippen LogP contribution < -0.4 is 10.1 Å². The van der Waals surface area contributed by atoms with Gasteiger partial charge in [-0.15, -0.1) is 13.2 Å². The number of ether oxygens (including phenoxy) is 1. The maximum absolute atomic E-state index is 12.4. The lowest BCUT2D eigenvalue weighted by Crippen LogP contribution is -2.17. The second-order valence-corrected chi connectivity index (χ2v) is 5.08. The summed E-state index contributed by atoms with van der Waals surface area (Å²) in [6, 6.07) is 5.66. The van der Waals surface area contributed by atoms with Crippen molar-refractivity contribution in [1.29, 1.82) is 5.26 Å². The minimum Gasteiger partial charge on any atom is -0.406 e. The molecule has 0 saturated heterocycles. The number of aliphatic hydroxyl groups is 1. The van der Waals surface area contributed by atoms with Crippen molar-refractivity contribution in [3.8, 4) is 11.8 Å². The van der Waals surface area contributed by atoms with E-state index in [1.54, 1.807) is 0 Å². The molecule has 0 unspecified atom stereocenters. The smallest absolute Gasteiger partial charge is 0.406 e. The van der Waals surface area contributed by atoms with Crippen LogP contribution in [0.2, 0.25) is 0 Å². The van der Waals surface area contributed by atoms with Crippen molar-refractivity contribution in [2.75, 3.05) is 18.5 Å². The minimum atomic E-state index is -4.81. The lowest BCUT2D eigenvalue weighted by molar-refractivity contribution is -0.274. The fourth-order valence-corrected chi connectivity index (χ4v) is 2.40. The van der Waals surface area contributed by atoms with Crippen molar-refractivity contribution >= 4 is 22.5 Å². The number of alkyl halides is 3. The summed E-state index contributed by atoms with van der Waals surface area (Å²) in [4.78, 5) is 8.42. The number of halogens is 3. The fraction of sp³-hybridized carbons (Fsp3) is 0.267. The highest BCUT2D eigenvalue weighted by molar-refractivity contribution is 5.84. The lowest BCUT2D eigenvalue weighted by atomic mass is 10.2. The number of rotatable bonds is 5. The van der Waals surface area contributed by atoms with E-state index in [-0.39, 0.29) is 17.8 Å². The Morgan fingerprint density at radius 2 is 2.16 bits per heavy atom. The summed E-state index contributed by atoms with van der Waals surface area (Å²) in [5.41, 5.74) is 1.21. The van der Waals surface area contributed by atoms with Crippen LogP contribution in [0.25, 0.3) is 16.7 Å². The average Bonchev–Trinajstić information content (AvgIpc) is 2.97. The van der Waals surface area contributed by atoms with Gasteiger partial charge >= 0.3 is 6.36 Å². The normalized spacial score (nSPS) is 11.6. The summed E-state index contributed by atoms with van der Waals surface area (Å²) >= 11 is 0. The topological polar surface area (TPSA) is 95.5 Å². The summed E-state index contributed by atoms with van der Waals surface area (Å²) in [7, 11) is 0. The van der Waals surface area contributed by atoms with E-state index in [1.165, 1.54) is 16.7 Å². The Kier molecular flexibility index (Phi) is 4.33. The maximum Gasteiger partial charge on any atom is 0.573 e. The van der Waals surface area contributed by atoms with Gasteiger partial charge in [-0.1, -0.05) is 0 Å². The summed E-state index contributed by atoms with van der Waals surface area (Å²) in [6.45, 7) is 0.358. The predicted octanol–water partition coefficient (Wildman–Crippen LogP) is 2.45. The van der Waals surface area contributed by atoms with Gasteiger partial charge in [0.1, 0.15) is 17.5 Å².